The Balaban J connectivity index is 1.80. The van der Waals surface area contributed by atoms with Crippen LogP contribution >= 0.6 is 0 Å². The van der Waals surface area contributed by atoms with E-state index in [9.17, 15) is 4.79 Å². The van der Waals surface area contributed by atoms with Gasteiger partial charge in [-0.15, -0.1) is 0 Å². The summed E-state index contributed by atoms with van der Waals surface area (Å²) in [6.07, 6.45) is 3.67. The number of H-pyrrole nitrogens is 1. The van der Waals surface area contributed by atoms with Gasteiger partial charge in [-0.05, 0) is 17.7 Å². The van der Waals surface area contributed by atoms with Crippen molar-refractivity contribution in [1.29, 1.82) is 5.26 Å². The first kappa shape index (κ1) is 16.4. The summed E-state index contributed by atoms with van der Waals surface area (Å²) in [6.45, 7) is 0.748. The van der Waals surface area contributed by atoms with Crippen molar-refractivity contribution in [3.05, 3.63) is 72.2 Å². The second-order valence-electron chi connectivity index (χ2n) is 5.53. The van der Waals surface area contributed by atoms with E-state index in [1.54, 1.807) is 23.4 Å². The molecular weight excluding hydrogens is 314 g/mol. The van der Waals surface area contributed by atoms with Crippen LogP contribution in [0.25, 0.3) is 11.3 Å². The highest BCUT2D eigenvalue weighted by Gasteiger charge is 2.19. The van der Waals surface area contributed by atoms with E-state index in [4.69, 9.17) is 5.26 Å². The van der Waals surface area contributed by atoms with E-state index >= 15 is 0 Å². The van der Waals surface area contributed by atoms with Gasteiger partial charge in [0.05, 0.1) is 18.2 Å². The molecule has 1 amide bonds. The average molecular weight is 331 g/mol. The van der Waals surface area contributed by atoms with E-state index in [1.807, 2.05) is 42.5 Å². The fraction of sp³-hybridized carbons (Fsp3) is 0.158. The number of aromatic nitrogens is 3. The van der Waals surface area contributed by atoms with Crippen molar-refractivity contribution in [3.63, 3.8) is 0 Å². The zero-order valence-electron chi connectivity index (χ0n) is 13.6. The number of nitriles is 1. The largest absolute Gasteiger partial charge is 0.332 e. The van der Waals surface area contributed by atoms with Crippen LogP contribution < -0.4 is 0 Å². The molecule has 0 aliphatic carbocycles. The number of nitrogens with one attached hydrogen (secondary N) is 1. The molecule has 0 fully saturated rings. The second-order valence-corrected chi connectivity index (χ2v) is 5.53. The summed E-state index contributed by atoms with van der Waals surface area (Å²) in [5.74, 6) is -0.186. The topological polar surface area (TPSA) is 85.7 Å². The van der Waals surface area contributed by atoms with Gasteiger partial charge in [-0.2, -0.15) is 10.4 Å². The molecule has 25 heavy (non-hydrogen) atoms. The monoisotopic (exact) mass is 331 g/mol. The van der Waals surface area contributed by atoms with Crippen LogP contribution in [0.1, 0.15) is 22.5 Å². The van der Waals surface area contributed by atoms with Crippen LogP contribution in [0, 0.1) is 11.3 Å². The Bertz CT molecular complexity index is 868. The fourth-order valence-electron chi connectivity index (χ4n) is 2.51. The van der Waals surface area contributed by atoms with Crippen LogP contribution in [0.4, 0.5) is 0 Å². The van der Waals surface area contributed by atoms with Crippen LogP contribution in [-0.2, 0) is 6.54 Å². The number of hydrogen-bond donors (Lipinski definition) is 1. The lowest BCUT2D eigenvalue weighted by Gasteiger charge is -2.20. The zero-order chi connectivity index (χ0) is 17.5. The first-order valence-corrected chi connectivity index (χ1v) is 7.94. The molecule has 0 saturated heterocycles. The van der Waals surface area contributed by atoms with Gasteiger partial charge >= 0.3 is 0 Å². The van der Waals surface area contributed by atoms with E-state index in [0.29, 0.717) is 24.5 Å². The first-order valence-electron chi connectivity index (χ1n) is 7.94. The van der Waals surface area contributed by atoms with Gasteiger partial charge in [-0.3, -0.25) is 14.9 Å². The van der Waals surface area contributed by atoms with Gasteiger partial charge in [0.1, 0.15) is 5.69 Å². The Hall–Kier alpha value is -3.46. The number of aromatic amines is 1. The van der Waals surface area contributed by atoms with Crippen molar-refractivity contribution in [1.82, 2.24) is 20.1 Å². The second kappa shape index (κ2) is 7.88. The smallest absolute Gasteiger partial charge is 0.272 e. The summed E-state index contributed by atoms with van der Waals surface area (Å²) in [7, 11) is 0. The van der Waals surface area contributed by atoms with Crippen molar-refractivity contribution in [2.24, 2.45) is 0 Å². The van der Waals surface area contributed by atoms with Gasteiger partial charge in [-0.25, -0.2) is 0 Å². The molecule has 6 heteroatoms. The van der Waals surface area contributed by atoms with Crippen molar-refractivity contribution < 1.29 is 4.79 Å². The van der Waals surface area contributed by atoms with Crippen molar-refractivity contribution >= 4 is 5.91 Å². The van der Waals surface area contributed by atoms with Gasteiger partial charge in [0.25, 0.3) is 5.91 Å². The van der Waals surface area contributed by atoms with Crippen molar-refractivity contribution in [2.45, 2.75) is 13.0 Å². The maximum atomic E-state index is 12.8. The summed E-state index contributed by atoms with van der Waals surface area (Å²) in [5, 5.41) is 15.9. The summed E-state index contributed by atoms with van der Waals surface area (Å²) in [6, 6.07) is 17.2. The SMILES string of the molecule is N#CCCN(Cc1cccnc1)C(=O)c1cc(-c2ccccc2)n[nH]1. The van der Waals surface area contributed by atoms with E-state index < -0.39 is 0 Å². The molecule has 0 radical (unpaired) electrons. The summed E-state index contributed by atoms with van der Waals surface area (Å²) in [5.41, 5.74) is 2.97. The molecule has 0 bridgehead atoms. The van der Waals surface area contributed by atoms with Gasteiger partial charge in [0, 0.05) is 31.0 Å². The van der Waals surface area contributed by atoms with Crippen LogP contribution in [0.3, 0.4) is 0 Å². The highest BCUT2D eigenvalue weighted by molar-refractivity contribution is 5.93. The zero-order valence-corrected chi connectivity index (χ0v) is 13.6. The molecule has 0 saturated carbocycles. The molecule has 3 rings (SSSR count). The average Bonchev–Trinajstić information content (AvgIpc) is 3.16. The molecule has 0 spiro atoms. The van der Waals surface area contributed by atoms with Gasteiger partial charge < -0.3 is 4.90 Å². The number of carbonyl (C=O) groups excluding carboxylic acids is 1. The number of amides is 1. The van der Waals surface area contributed by atoms with E-state index in [0.717, 1.165) is 11.1 Å². The third-order valence-corrected chi connectivity index (χ3v) is 3.75. The van der Waals surface area contributed by atoms with E-state index in [-0.39, 0.29) is 12.3 Å². The molecule has 3 aromatic rings. The third-order valence-electron chi connectivity index (χ3n) is 3.75. The summed E-state index contributed by atoms with van der Waals surface area (Å²) in [4.78, 5) is 18.5. The van der Waals surface area contributed by atoms with E-state index in [2.05, 4.69) is 21.3 Å². The minimum Gasteiger partial charge on any atom is -0.332 e. The predicted molar refractivity (Wildman–Crippen MR) is 93.2 cm³/mol. The highest BCUT2D eigenvalue weighted by atomic mass is 16.2. The van der Waals surface area contributed by atoms with Gasteiger partial charge in [0.15, 0.2) is 0 Å². The van der Waals surface area contributed by atoms with Crippen LogP contribution in [-0.4, -0.2) is 32.5 Å². The number of rotatable bonds is 6. The number of carbonyl (C=O) groups is 1. The molecule has 0 unspecified atom stereocenters. The minimum absolute atomic E-state index is 0.186. The first-order chi connectivity index (χ1) is 12.3. The lowest BCUT2D eigenvalue weighted by Crippen LogP contribution is -2.31. The summed E-state index contributed by atoms with van der Waals surface area (Å²) >= 11 is 0. The standard InChI is InChI=1S/C19H17N5O/c20-9-5-11-24(14-15-6-4-10-21-13-15)19(25)18-12-17(22-23-18)16-7-2-1-3-8-16/h1-4,6-8,10,12-13H,5,11,14H2,(H,22,23). The molecule has 0 aliphatic heterocycles. The normalized spacial score (nSPS) is 10.2. The molecule has 2 heterocycles. The predicted octanol–water partition coefficient (Wildman–Crippen LogP) is 3.03. The Kier molecular flexibility index (Phi) is 5.17. The van der Waals surface area contributed by atoms with Crippen molar-refractivity contribution in [2.75, 3.05) is 6.54 Å². The Labute approximate surface area is 145 Å². The quantitative estimate of drug-likeness (QED) is 0.752. The molecule has 2 aromatic heterocycles. The molecule has 6 nitrogen and oxygen atoms in total. The van der Waals surface area contributed by atoms with Gasteiger partial charge in [0.2, 0.25) is 0 Å². The Morgan fingerprint density at radius 3 is 2.76 bits per heavy atom. The van der Waals surface area contributed by atoms with Crippen molar-refractivity contribution in [3.8, 4) is 17.3 Å². The molecular formula is C19H17N5O. The maximum Gasteiger partial charge on any atom is 0.272 e. The molecule has 1 N–H and O–H groups in total. The molecule has 0 aliphatic rings. The molecule has 0 atom stereocenters. The Morgan fingerprint density at radius 2 is 2.04 bits per heavy atom. The molecule has 124 valence electrons. The fourth-order valence-corrected chi connectivity index (χ4v) is 2.51. The highest BCUT2D eigenvalue weighted by Crippen LogP contribution is 2.18. The van der Waals surface area contributed by atoms with Crippen LogP contribution in [0.2, 0.25) is 0 Å². The lowest BCUT2D eigenvalue weighted by molar-refractivity contribution is 0.0741. The van der Waals surface area contributed by atoms with Crippen LogP contribution in [0.5, 0.6) is 0 Å². The van der Waals surface area contributed by atoms with Gasteiger partial charge in [-0.1, -0.05) is 36.4 Å². The third kappa shape index (κ3) is 4.09. The molecule has 1 aromatic carbocycles. The maximum absolute atomic E-state index is 12.8. The lowest BCUT2D eigenvalue weighted by atomic mass is 10.1. The van der Waals surface area contributed by atoms with E-state index in [1.165, 1.54) is 0 Å². The Morgan fingerprint density at radius 1 is 1.20 bits per heavy atom. The summed E-state index contributed by atoms with van der Waals surface area (Å²) < 4.78 is 0. The number of benzene rings is 1. The number of hydrogen-bond acceptors (Lipinski definition) is 4. The minimum atomic E-state index is -0.186. The number of pyridine rings is 1. The number of nitrogens with zero attached hydrogens (tertiary/aromatic N) is 4. The van der Waals surface area contributed by atoms with Crippen LogP contribution in [0.15, 0.2) is 60.9 Å².